The third-order valence-electron chi connectivity index (χ3n) is 4.27. The molecule has 1 saturated heterocycles. The third kappa shape index (κ3) is 6.20. The topological polar surface area (TPSA) is 65.5 Å². The van der Waals surface area contributed by atoms with E-state index >= 15 is 0 Å². The maximum absolute atomic E-state index is 12.2. The molecule has 1 aromatic rings. The fourth-order valence-corrected chi connectivity index (χ4v) is 3.66. The van der Waals surface area contributed by atoms with E-state index in [1.165, 1.54) is 0 Å². The molecule has 0 bridgehead atoms. The second-order valence-electron chi connectivity index (χ2n) is 6.94. The first-order valence-electron chi connectivity index (χ1n) is 8.53. The Labute approximate surface area is 143 Å². The van der Waals surface area contributed by atoms with E-state index in [9.17, 15) is 9.90 Å². The molecule has 0 spiro atoms. The van der Waals surface area contributed by atoms with Crippen LogP contribution in [0.25, 0.3) is 0 Å². The Morgan fingerprint density at radius 3 is 2.74 bits per heavy atom. The van der Waals surface area contributed by atoms with Crippen LogP contribution in [0.15, 0.2) is 5.38 Å². The van der Waals surface area contributed by atoms with E-state index in [-0.39, 0.29) is 11.8 Å². The molecule has 130 valence electrons. The summed E-state index contributed by atoms with van der Waals surface area (Å²) in [6.45, 7) is 9.29. The highest BCUT2D eigenvalue weighted by Crippen LogP contribution is 2.20. The number of piperidine rings is 1. The van der Waals surface area contributed by atoms with Crippen molar-refractivity contribution >= 4 is 17.2 Å². The van der Waals surface area contributed by atoms with Gasteiger partial charge in [0, 0.05) is 24.4 Å². The lowest BCUT2D eigenvalue weighted by Crippen LogP contribution is -2.42. The molecule has 1 aliphatic rings. The molecular weight excluding hydrogens is 310 g/mol. The average molecular weight is 340 g/mol. The summed E-state index contributed by atoms with van der Waals surface area (Å²) in [4.78, 5) is 19.1. The summed E-state index contributed by atoms with van der Waals surface area (Å²) in [5.41, 5.74) is 1.13. The van der Waals surface area contributed by atoms with Crippen LogP contribution in [0.3, 0.4) is 0 Å². The summed E-state index contributed by atoms with van der Waals surface area (Å²) in [5, 5.41) is 16.0. The van der Waals surface area contributed by atoms with Crippen molar-refractivity contribution < 1.29 is 9.90 Å². The zero-order chi connectivity index (χ0) is 16.8. The van der Waals surface area contributed by atoms with Crippen LogP contribution in [0.1, 0.15) is 43.8 Å². The highest BCUT2D eigenvalue weighted by molar-refractivity contribution is 7.09. The molecule has 1 atom stereocenters. The van der Waals surface area contributed by atoms with Crippen molar-refractivity contribution in [3.63, 3.8) is 0 Å². The Kier molecular flexibility index (Phi) is 6.99. The van der Waals surface area contributed by atoms with E-state index in [4.69, 9.17) is 0 Å². The summed E-state index contributed by atoms with van der Waals surface area (Å²) in [5.74, 6) is 0.617. The number of nitrogens with one attached hydrogen (secondary N) is 1. The van der Waals surface area contributed by atoms with Crippen molar-refractivity contribution in [2.45, 2.75) is 52.7 Å². The van der Waals surface area contributed by atoms with Crippen molar-refractivity contribution in [1.82, 2.24) is 15.2 Å². The predicted molar refractivity (Wildman–Crippen MR) is 93.3 cm³/mol. The molecule has 6 heteroatoms. The summed E-state index contributed by atoms with van der Waals surface area (Å²) in [6.07, 6.45) is 2.06. The van der Waals surface area contributed by atoms with Crippen molar-refractivity contribution in [2.75, 3.05) is 19.6 Å². The first kappa shape index (κ1) is 18.4. The van der Waals surface area contributed by atoms with Gasteiger partial charge >= 0.3 is 0 Å². The molecule has 0 saturated carbocycles. The zero-order valence-corrected chi connectivity index (χ0v) is 15.2. The highest BCUT2D eigenvalue weighted by atomic mass is 32.1. The second kappa shape index (κ2) is 8.76. The van der Waals surface area contributed by atoms with Gasteiger partial charge in [-0.15, -0.1) is 11.3 Å². The molecule has 23 heavy (non-hydrogen) atoms. The number of aromatic nitrogens is 1. The minimum atomic E-state index is -0.438. The van der Waals surface area contributed by atoms with Gasteiger partial charge in [0.1, 0.15) is 0 Å². The van der Waals surface area contributed by atoms with Gasteiger partial charge < -0.3 is 10.4 Å². The lowest BCUT2D eigenvalue weighted by Gasteiger charge is -2.31. The number of nitrogens with zero attached hydrogens (tertiary/aromatic N) is 2. The predicted octanol–water partition coefficient (Wildman–Crippen LogP) is 2.19. The lowest BCUT2D eigenvalue weighted by atomic mass is 9.95. The minimum absolute atomic E-state index is 0.0784. The van der Waals surface area contributed by atoms with Gasteiger partial charge in [0.2, 0.25) is 5.91 Å². The summed E-state index contributed by atoms with van der Waals surface area (Å²) >= 11 is 1.69. The Morgan fingerprint density at radius 1 is 1.48 bits per heavy atom. The zero-order valence-electron chi connectivity index (χ0n) is 14.4. The summed E-state index contributed by atoms with van der Waals surface area (Å²) < 4.78 is 0. The largest absolute Gasteiger partial charge is 0.391 e. The molecular formula is C17H29N3O2S. The molecule has 2 rings (SSSR count). The van der Waals surface area contributed by atoms with Gasteiger partial charge in [-0.05, 0) is 45.2 Å². The van der Waals surface area contributed by atoms with Gasteiger partial charge in [-0.2, -0.15) is 0 Å². The number of carbonyl (C=O) groups is 1. The van der Waals surface area contributed by atoms with Crippen molar-refractivity contribution in [3.05, 3.63) is 16.1 Å². The molecule has 1 aliphatic heterocycles. The molecule has 1 unspecified atom stereocenters. The number of aliphatic hydroxyl groups excluding tert-OH is 1. The van der Waals surface area contributed by atoms with E-state index < -0.39 is 6.10 Å². The molecule has 1 fully saturated rings. The number of thiazole rings is 1. The SMILES string of the molecule is Cc1nc(CN2CCC(C(=O)NCC(O)CC(C)C)CC2)cs1. The molecule has 2 N–H and O–H groups in total. The monoisotopic (exact) mass is 339 g/mol. The maximum Gasteiger partial charge on any atom is 0.223 e. The Hall–Kier alpha value is -0.980. The van der Waals surface area contributed by atoms with Gasteiger partial charge in [0.05, 0.1) is 16.8 Å². The molecule has 1 amide bonds. The fourth-order valence-electron chi connectivity index (χ4n) is 3.05. The number of aryl methyl sites for hydroxylation is 1. The van der Waals surface area contributed by atoms with Crippen LogP contribution in [0.5, 0.6) is 0 Å². The van der Waals surface area contributed by atoms with Crippen LogP contribution >= 0.6 is 11.3 Å². The quantitative estimate of drug-likeness (QED) is 0.799. The Morgan fingerprint density at radius 2 is 2.17 bits per heavy atom. The first-order valence-corrected chi connectivity index (χ1v) is 9.41. The number of carbonyl (C=O) groups excluding carboxylic acids is 1. The van der Waals surface area contributed by atoms with Gasteiger partial charge in [0.25, 0.3) is 0 Å². The fraction of sp³-hybridized carbons (Fsp3) is 0.765. The third-order valence-corrected chi connectivity index (χ3v) is 5.09. The number of rotatable bonds is 7. The number of amides is 1. The van der Waals surface area contributed by atoms with E-state index in [1.54, 1.807) is 11.3 Å². The molecule has 0 radical (unpaired) electrons. The van der Waals surface area contributed by atoms with Crippen LogP contribution < -0.4 is 5.32 Å². The van der Waals surface area contributed by atoms with Crippen LogP contribution in [0.4, 0.5) is 0 Å². The van der Waals surface area contributed by atoms with Crippen LogP contribution in [-0.4, -0.2) is 46.6 Å². The van der Waals surface area contributed by atoms with Gasteiger partial charge in [-0.25, -0.2) is 4.98 Å². The molecule has 0 aliphatic carbocycles. The van der Waals surface area contributed by atoms with Crippen LogP contribution in [0, 0.1) is 18.8 Å². The van der Waals surface area contributed by atoms with Crippen molar-refractivity contribution in [3.8, 4) is 0 Å². The number of aliphatic hydroxyl groups is 1. The Bertz CT molecular complexity index is 496. The van der Waals surface area contributed by atoms with Gasteiger partial charge in [0.15, 0.2) is 0 Å². The Balaban J connectivity index is 1.68. The number of likely N-dealkylation sites (tertiary alicyclic amines) is 1. The van der Waals surface area contributed by atoms with Gasteiger partial charge in [-0.3, -0.25) is 9.69 Å². The number of hydrogen-bond acceptors (Lipinski definition) is 5. The van der Waals surface area contributed by atoms with E-state index in [0.29, 0.717) is 12.5 Å². The standard InChI is InChI=1S/C17H29N3O2S/c1-12(2)8-16(21)9-18-17(22)14-4-6-20(7-5-14)10-15-11-23-13(3)19-15/h11-12,14,16,21H,4-10H2,1-3H3,(H,18,22). The number of hydrogen-bond donors (Lipinski definition) is 2. The highest BCUT2D eigenvalue weighted by Gasteiger charge is 2.25. The normalized spacial score (nSPS) is 18.3. The van der Waals surface area contributed by atoms with Crippen LogP contribution in [0.2, 0.25) is 0 Å². The van der Waals surface area contributed by atoms with Gasteiger partial charge in [-0.1, -0.05) is 13.8 Å². The first-order chi connectivity index (χ1) is 10.9. The molecule has 5 nitrogen and oxygen atoms in total. The summed E-state index contributed by atoms with van der Waals surface area (Å²) in [7, 11) is 0. The van der Waals surface area contributed by atoms with Crippen LogP contribution in [-0.2, 0) is 11.3 Å². The van der Waals surface area contributed by atoms with E-state index in [2.05, 4.69) is 34.4 Å². The van der Waals surface area contributed by atoms with E-state index in [1.807, 2.05) is 6.92 Å². The van der Waals surface area contributed by atoms with Crippen molar-refractivity contribution in [1.29, 1.82) is 0 Å². The second-order valence-corrected chi connectivity index (χ2v) is 8.00. The molecule has 1 aromatic heterocycles. The molecule has 2 heterocycles. The minimum Gasteiger partial charge on any atom is -0.391 e. The van der Waals surface area contributed by atoms with Crippen molar-refractivity contribution in [2.24, 2.45) is 11.8 Å². The summed E-state index contributed by atoms with van der Waals surface area (Å²) in [6, 6.07) is 0. The molecule has 0 aromatic carbocycles. The van der Waals surface area contributed by atoms with E-state index in [0.717, 1.165) is 49.6 Å². The average Bonchev–Trinajstić information content (AvgIpc) is 2.90. The lowest BCUT2D eigenvalue weighted by molar-refractivity contribution is -0.127. The smallest absolute Gasteiger partial charge is 0.223 e. The maximum atomic E-state index is 12.2.